The van der Waals surface area contributed by atoms with Crippen LogP contribution in [-0.4, -0.2) is 28.8 Å². The van der Waals surface area contributed by atoms with Crippen molar-refractivity contribution in [1.82, 2.24) is 13.9 Å². The predicted molar refractivity (Wildman–Crippen MR) is 85.8 cm³/mol. The Balaban J connectivity index is 1.83. The molecule has 118 valence electrons. The van der Waals surface area contributed by atoms with Crippen LogP contribution in [0.1, 0.15) is 36.8 Å². The normalized spacial score (nSPS) is 16.0. The van der Waals surface area contributed by atoms with Crippen molar-refractivity contribution in [2.75, 3.05) is 6.54 Å². The van der Waals surface area contributed by atoms with Gasteiger partial charge in [-0.1, -0.05) is 30.3 Å². The van der Waals surface area contributed by atoms with Crippen LogP contribution < -0.4 is 0 Å². The fourth-order valence-corrected chi connectivity index (χ4v) is 4.33. The molecule has 0 saturated heterocycles. The highest BCUT2D eigenvalue weighted by Crippen LogP contribution is 2.24. The summed E-state index contributed by atoms with van der Waals surface area (Å²) >= 11 is 0. The van der Waals surface area contributed by atoms with Crippen LogP contribution in [0.5, 0.6) is 0 Å². The minimum Gasteiger partial charge on any atom is -0.331 e. The van der Waals surface area contributed by atoms with E-state index >= 15 is 0 Å². The first-order chi connectivity index (χ1) is 10.5. The van der Waals surface area contributed by atoms with Crippen LogP contribution in [0, 0.1) is 0 Å². The van der Waals surface area contributed by atoms with Crippen molar-refractivity contribution in [3.05, 3.63) is 53.6 Å². The molecule has 1 aromatic carbocycles. The quantitative estimate of drug-likeness (QED) is 0.869. The third kappa shape index (κ3) is 2.94. The van der Waals surface area contributed by atoms with Crippen LogP contribution >= 0.6 is 0 Å². The van der Waals surface area contributed by atoms with Gasteiger partial charge in [0, 0.05) is 19.0 Å². The summed E-state index contributed by atoms with van der Waals surface area (Å²) < 4.78 is 29.0. The number of rotatable bonds is 4. The molecule has 3 rings (SSSR count). The number of nitrogens with zero attached hydrogens (tertiary/aromatic N) is 3. The van der Waals surface area contributed by atoms with Gasteiger partial charge in [-0.25, -0.2) is 13.4 Å². The van der Waals surface area contributed by atoms with Gasteiger partial charge in [-0.05, 0) is 19.4 Å². The number of imidazole rings is 1. The molecule has 0 saturated carbocycles. The average molecular weight is 319 g/mol. The monoisotopic (exact) mass is 319 g/mol. The van der Waals surface area contributed by atoms with Crippen molar-refractivity contribution in [3.63, 3.8) is 0 Å². The SMILES string of the molecule is CC(C)n1cnc2c1CN(S(=O)(=O)Cc1ccccc1)CC2. The molecule has 0 fully saturated rings. The number of benzene rings is 1. The van der Waals surface area contributed by atoms with Crippen molar-refractivity contribution in [3.8, 4) is 0 Å². The Morgan fingerprint density at radius 1 is 1.23 bits per heavy atom. The molecule has 2 aromatic rings. The molecule has 0 radical (unpaired) electrons. The lowest BCUT2D eigenvalue weighted by Crippen LogP contribution is -2.37. The highest BCUT2D eigenvalue weighted by Gasteiger charge is 2.29. The molecule has 0 unspecified atom stereocenters. The van der Waals surface area contributed by atoms with Gasteiger partial charge in [-0.15, -0.1) is 0 Å². The first-order valence-corrected chi connectivity index (χ1v) is 9.14. The molecule has 2 heterocycles. The zero-order valence-corrected chi connectivity index (χ0v) is 13.8. The maximum absolute atomic E-state index is 12.7. The Hall–Kier alpha value is -1.66. The minimum atomic E-state index is -3.31. The molecule has 1 aliphatic heterocycles. The van der Waals surface area contributed by atoms with Crippen LogP contribution in [0.3, 0.4) is 0 Å². The summed E-state index contributed by atoms with van der Waals surface area (Å²) in [6, 6.07) is 9.62. The van der Waals surface area contributed by atoms with Gasteiger partial charge < -0.3 is 4.57 Å². The Kier molecular flexibility index (Phi) is 4.06. The van der Waals surface area contributed by atoms with E-state index in [0.717, 1.165) is 17.0 Å². The first-order valence-electron chi connectivity index (χ1n) is 7.53. The third-order valence-corrected chi connectivity index (χ3v) is 5.85. The van der Waals surface area contributed by atoms with E-state index < -0.39 is 10.0 Å². The second-order valence-corrected chi connectivity index (χ2v) is 7.93. The van der Waals surface area contributed by atoms with Gasteiger partial charge in [-0.3, -0.25) is 0 Å². The molecular weight excluding hydrogens is 298 g/mol. The number of aromatic nitrogens is 2. The van der Waals surface area contributed by atoms with E-state index in [1.807, 2.05) is 36.7 Å². The fraction of sp³-hybridized carbons (Fsp3) is 0.438. The number of fused-ring (bicyclic) bond motifs is 1. The summed E-state index contributed by atoms with van der Waals surface area (Å²) in [6.45, 7) is 5.10. The molecule has 0 atom stereocenters. The lowest BCUT2D eigenvalue weighted by atomic mass is 10.2. The van der Waals surface area contributed by atoms with Gasteiger partial charge in [0.15, 0.2) is 0 Å². The van der Waals surface area contributed by atoms with E-state index in [1.54, 1.807) is 4.31 Å². The molecule has 6 heteroatoms. The molecule has 1 aromatic heterocycles. The molecule has 5 nitrogen and oxygen atoms in total. The van der Waals surface area contributed by atoms with Gasteiger partial charge in [0.25, 0.3) is 0 Å². The molecule has 0 N–H and O–H groups in total. The summed E-state index contributed by atoms with van der Waals surface area (Å²) in [5, 5.41) is 0. The smallest absolute Gasteiger partial charge is 0.218 e. The van der Waals surface area contributed by atoms with E-state index in [4.69, 9.17) is 0 Å². The molecule has 0 bridgehead atoms. The van der Waals surface area contributed by atoms with Crippen LogP contribution in [0.4, 0.5) is 0 Å². The number of sulfonamides is 1. The maximum atomic E-state index is 12.7. The standard InChI is InChI=1S/C16H21N3O2S/c1-13(2)19-12-17-15-8-9-18(10-16(15)19)22(20,21)11-14-6-4-3-5-7-14/h3-7,12-13H,8-11H2,1-2H3. The van der Waals surface area contributed by atoms with Crippen molar-refractivity contribution in [2.24, 2.45) is 0 Å². The Labute approximate surface area is 131 Å². The van der Waals surface area contributed by atoms with Crippen LogP contribution in [0.2, 0.25) is 0 Å². The topological polar surface area (TPSA) is 55.2 Å². The second kappa shape index (κ2) is 5.85. The lowest BCUT2D eigenvalue weighted by Gasteiger charge is -2.27. The van der Waals surface area contributed by atoms with Gasteiger partial charge in [0.1, 0.15) is 0 Å². The van der Waals surface area contributed by atoms with Gasteiger partial charge >= 0.3 is 0 Å². The summed E-state index contributed by atoms with van der Waals surface area (Å²) in [6.07, 6.45) is 2.51. The van der Waals surface area contributed by atoms with Crippen LogP contribution in [0.25, 0.3) is 0 Å². The van der Waals surface area contributed by atoms with E-state index in [9.17, 15) is 8.42 Å². The largest absolute Gasteiger partial charge is 0.331 e. The number of hydrogen-bond acceptors (Lipinski definition) is 3. The first kappa shape index (κ1) is 15.2. The highest BCUT2D eigenvalue weighted by molar-refractivity contribution is 7.88. The Bertz CT molecular complexity index is 751. The molecule has 0 aliphatic carbocycles. The van der Waals surface area contributed by atoms with Crippen molar-refractivity contribution < 1.29 is 8.42 Å². The van der Waals surface area contributed by atoms with E-state index in [0.29, 0.717) is 19.5 Å². The molecule has 0 amide bonds. The summed E-state index contributed by atoms with van der Waals surface area (Å²) in [5.74, 6) is 0.0546. The number of hydrogen-bond donors (Lipinski definition) is 0. The summed E-state index contributed by atoms with van der Waals surface area (Å²) in [7, 11) is -3.31. The minimum absolute atomic E-state index is 0.0546. The highest BCUT2D eigenvalue weighted by atomic mass is 32.2. The van der Waals surface area contributed by atoms with E-state index in [-0.39, 0.29) is 11.8 Å². The lowest BCUT2D eigenvalue weighted by molar-refractivity contribution is 0.371. The molecule has 0 spiro atoms. The molecule has 1 aliphatic rings. The Morgan fingerprint density at radius 3 is 2.64 bits per heavy atom. The second-order valence-electron chi connectivity index (χ2n) is 5.96. The average Bonchev–Trinajstić information content (AvgIpc) is 2.91. The van der Waals surface area contributed by atoms with Crippen LogP contribution in [0.15, 0.2) is 36.7 Å². The van der Waals surface area contributed by atoms with Gasteiger partial charge in [-0.2, -0.15) is 4.31 Å². The van der Waals surface area contributed by atoms with Crippen molar-refractivity contribution >= 4 is 10.0 Å². The summed E-state index contributed by atoms with van der Waals surface area (Å²) in [5.41, 5.74) is 2.88. The maximum Gasteiger partial charge on any atom is 0.218 e. The van der Waals surface area contributed by atoms with Crippen molar-refractivity contribution in [2.45, 2.75) is 38.6 Å². The molecular formula is C16H21N3O2S. The van der Waals surface area contributed by atoms with E-state index in [2.05, 4.69) is 23.4 Å². The predicted octanol–water partition coefficient (Wildman–Crippen LogP) is 2.35. The van der Waals surface area contributed by atoms with Gasteiger partial charge in [0.05, 0.1) is 30.0 Å². The fourth-order valence-electron chi connectivity index (χ4n) is 2.84. The van der Waals surface area contributed by atoms with Crippen molar-refractivity contribution in [1.29, 1.82) is 0 Å². The Morgan fingerprint density at radius 2 is 1.95 bits per heavy atom. The zero-order chi connectivity index (χ0) is 15.7. The zero-order valence-electron chi connectivity index (χ0n) is 12.9. The summed E-state index contributed by atoms with van der Waals surface area (Å²) in [4.78, 5) is 4.42. The third-order valence-electron chi connectivity index (χ3n) is 4.05. The van der Waals surface area contributed by atoms with E-state index in [1.165, 1.54) is 0 Å². The van der Waals surface area contributed by atoms with Gasteiger partial charge in [0.2, 0.25) is 10.0 Å². The van der Waals surface area contributed by atoms with Crippen LogP contribution in [-0.2, 0) is 28.7 Å². The molecule has 22 heavy (non-hydrogen) atoms.